The van der Waals surface area contributed by atoms with E-state index in [2.05, 4.69) is 74.8 Å². The van der Waals surface area contributed by atoms with Crippen LogP contribution in [0.15, 0.2) is 34.9 Å². The van der Waals surface area contributed by atoms with Crippen LogP contribution in [0.25, 0.3) is 16.7 Å². The Hall–Kier alpha value is -2.54. The summed E-state index contributed by atoms with van der Waals surface area (Å²) in [6.07, 6.45) is 1.75. The summed E-state index contributed by atoms with van der Waals surface area (Å²) in [7, 11) is -1.16. The molecular weight excluding hydrogens is 576 g/mol. The predicted molar refractivity (Wildman–Crippen MR) is 161 cm³/mol. The zero-order valence-corrected chi connectivity index (χ0v) is 25.8. The number of hydrogen-bond donors (Lipinski definition) is 1. The van der Waals surface area contributed by atoms with Crippen molar-refractivity contribution in [3.8, 4) is 0 Å². The van der Waals surface area contributed by atoms with Gasteiger partial charge in [0.05, 0.1) is 56.1 Å². The van der Waals surface area contributed by atoms with E-state index in [0.717, 1.165) is 53.2 Å². The fraction of sp³-hybridized carbons (Fsp3) is 0.556. The lowest BCUT2D eigenvalue weighted by Gasteiger charge is -2.27. The first-order valence-corrected chi connectivity index (χ1v) is 17.7. The molecule has 1 fully saturated rings. The van der Waals surface area contributed by atoms with Gasteiger partial charge in [-0.3, -0.25) is 0 Å². The van der Waals surface area contributed by atoms with Crippen LogP contribution in [0, 0.1) is 0 Å². The Balaban J connectivity index is 1.32. The van der Waals surface area contributed by atoms with Crippen molar-refractivity contribution < 1.29 is 9.47 Å². The summed E-state index contributed by atoms with van der Waals surface area (Å²) < 4.78 is 16.5. The summed E-state index contributed by atoms with van der Waals surface area (Å²) in [5.74, 6) is 2.23. The van der Waals surface area contributed by atoms with Crippen molar-refractivity contribution >= 4 is 52.6 Å². The highest BCUT2D eigenvalue weighted by molar-refractivity contribution is 9.10. The number of halogens is 1. The fourth-order valence-electron chi connectivity index (χ4n) is 5.35. The van der Waals surface area contributed by atoms with E-state index in [1.165, 1.54) is 24.2 Å². The maximum atomic E-state index is 6.19. The molecule has 1 aliphatic heterocycles. The monoisotopic (exact) mass is 614 g/mol. The SMILES string of the molecule is CC[Si](CC)(CC)CCOCCn1c(CNc2nc(N3CCOCC3)nc3c(Br)cnn23)nc2ccccc21. The van der Waals surface area contributed by atoms with Crippen molar-refractivity contribution in [2.75, 3.05) is 49.7 Å². The lowest BCUT2D eigenvalue weighted by atomic mass is 10.3. The van der Waals surface area contributed by atoms with Gasteiger partial charge in [0.1, 0.15) is 5.82 Å². The van der Waals surface area contributed by atoms with Crippen molar-refractivity contribution in [3.63, 3.8) is 0 Å². The minimum Gasteiger partial charge on any atom is -0.380 e. The second-order valence-electron chi connectivity index (χ2n) is 10.1. The Labute approximate surface area is 239 Å². The first-order valence-electron chi connectivity index (χ1n) is 14.1. The second kappa shape index (κ2) is 12.8. The van der Waals surface area contributed by atoms with Gasteiger partial charge in [-0.15, -0.1) is 0 Å². The summed E-state index contributed by atoms with van der Waals surface area (Å²) in [5, 5.41) is 7.98. The molecule has 1 N–H and O–H groups in total. The molecule has 4 aromatic rings. The van der Waals surface area contributed by atoms with Crippen LogP contribution in [0.1, 0.15) is 26.6 Å². The van der Waals surface area contributed by atoms with Crippen LogP contribution in [0.2, 0.25) is 24.2 Å². The minimum atomic E-state index is -1.16. The molecule has 0 aliphatic carbocycles. The highest BCUT2D eigenvalue weighted by Crippen LogP contribution is 2.25. The Morgan fingerprint density at radius 3 is 2.56 bits per heavy atom. The molecular formula is C27H39BrN8O2Si. The number of aromatic nitrogens is 6. The van der Waals surface area contributed by atoms with Gasteiger partial charge in [0.15, 0.2) is 5.65 Å². The van der Waals surface area contributed by atoms with Gasteiger partial charge >= 0.3 is 0 Å². The van der Waals surface area contributed by atoms with Crippen LogP contribution < -0.4 is 10.2 Å². The molecule has 0 radical (unpaired) electrons. The molecule has 0 atom stereocenters. The molecule has 0 amide bonds. The average Bonchev–Trinajstić information content (AvgIpc) is 3.54. The molecule has 39 heavy (non-hydrogen) atoms. The number of anilines is 2. The molecule has 1 aliphatic rings. The van der Waals surface area contributed by atoms with E-state index >= 15 is 0 Å². The molecule has 0 spiro atoms. The van der Waals surface area contributed by atoms with Crippen molar-refractivity contribution in [3.05, 3.63) is 40.8 Å². The van der Waals surface area contributed by atoms with Crippen LogP contribution in [0.5, 0.6) is 0 Å². The molecule has 210 valence electrons. The van der Waals surface area contributed by atoms with Crippen LogP contribution in [0.4, 0.5) is 11.9 Å². The molecule has 0 bridgehead atoms. The number of hydrogen-bond acceptors (Lipinski definition) is 8. The summed E-state index contributed by atoms with van der Waals surface area (Å²) >= 11 is 3.58. The summed E-state index contributed by atoms with van der Waals surface area (Å²) in [6, 6.07) is 13.5. The van der Waals surface area contributed by atoms with Gasteiger partial charge in [-0.05, 0) is 34.1 Å². The van der Waals surface area contributed by atoms with Crippen molar-refractivity contribution in [1.82, 2.24) is 29.1 Å². The zero-order chi connectivity index (χ0) is 27.2. The standard InChI is InChI=1S/C27H39BrN8O2Si/c1-4-39(5-2,6-3)18-17-38-16-13-35-23-10-8-7-9-22(23)31-24(35)20-29-26-33-27(34-11-14-37-15-12-34)32-25-21(28)19-30-36(25)26/h7-10,19H,4-6,11-18,20H2,1-3H3,(H,29,32,33). The van der Waals surface area contributed by atoms with E-state index in [-0.39, 0.29) is 0 Å². The molecule has 4 heterocycles. The van der Waals surface area contributed by atoms with Crippen molar-refractivity contribution in [2.45, 2.75) is 58.0 Å². The van der Waals surface area contributed by atoms with E-state index in [9.17, 15) is 0 Å². The largest absolute Gasteiger partial charge is 0.380 e. The number of rotatable bonds is 13. The van der Waals surface area contributed by atoms with E-state index < -0.39 is 8.07 Å². The number of imidazole rings is 1. The Morgan fingerprint density at radius 1 is 1.03 bits per heavy atom. The fourth-order valence-corrected chi connectivity index (χ4v) is 8.84. The van der Waals surface area contributed by atoms with Crippen LogP contribution in [-0.2, 0) is 22.6 Å². The average molecular weight is 616 g/mol. The smallest absolute Gasteiger partial charge is 0.230 e. The number of ether oxygens (including phenoxy) is 2. The molecule has 0 saturated carbocycles. The lowest BCUT2D eigenvalue weighted by Crippen LogP contribution is -2.37. The zero-order valence-electron chi connectivity index (χ0n) is 23.2. The first kappa shape index (κ1) is 28.0. The van der Waals surface area contributed by atoms with Crippen LogP contribution >= 0.6 is 15.9 Å². The maximum absolute atomic E-state index is 6.19. The molecule has 0 unspecified atom stereocenters. The van der Waals surface area contributed by atoms with Gasteiger partial charge in [0.2, 0.25) is 11.9 Å². The summed E-state index contributed by atoms with van der Waals surface area (Å²) in [5.41, 5.74) is 2.81. The molecule has 1 aromatic carbocycles. The van der Waals surface area contributed by atoms with E-state index in [1.807, 2.05) is 6.07 Å². The van der Waals surface area contributed by atoms with Gasteiger partial charge in [-0.2, -0.15) is 19.6 Å². The number of morpholine rings is 1. The number of nitrogens with zero attached hydrogens (tertiary/aromatic N) is 7. The summed E-state index contributed by atoms with van der Waals surface area (Å²) in [4.78, 5) is 16.7. The minimum absolute atomic E-state index is 0.498. The Kier molecular flexibility index (Phi) is 9.16. The number of para-hydroxylation sites is 2. The normalized spacial score (nSPS) is 14.5. The van der Waals surface area contributed by atoms with Crippen LogP contribution in [-0.4, -0.2) is 76.7 Å². The lowest BCUT2D eigenvalue weighted by molar-refractivity contribution is 0.122. The van der Waals surface area contributed by atoms with Crippen molar-refractivity contribution in [2.24, 2.45) is 0 Å². The highest BCUT2D eigenvalue weighted by atomic mass is 79.9. The van der Waals surface area contributed by atoms with Crippen LogP contribution in [0.3, 0.4) is 0 Å². The topological polar surface area (TPSA) is 94.6 Å². The van der Waals surface area contributed by atoms with Gasteiger partial charge < -0.3 is 24.3 Å². The predicted octanol–water partition coefficient (Wildman–Crippen LogP) is 5.21. The second-order valence-corrected chi connectivity index (χ2v) is 16.6. The first-order chi connectivity index (χ1) is 19.1. The molecule has 1 saturated heterocycles. The summed E-state index contributed by atoms with van der Waals surface area (Å²) in [6.45, 7) is 12.7. The van der Waals surface area contributed by atoms with Gasteiger partial charge in [-0.1, -0.05) is 51.0 Å². The number of nitrogens with one attached hydrogen (secondary N) is 1. The Bertz CT molecular complexity index is 1370. The van der Waals surface area contributed by atoms with Gasteiger partial charge in [0.25, 0.3) is 0 Å². The highest BCUT2D eigenvalue weighted by Gasteiger charge is 2.26. The third-order valence-corrected chi connectivity index (χ3v) is 14.6. The van der Waals surface area contributed by atoms with Gasteiger partial charge in [0, 0.05) is 26.2 Å². The van der Waals surface area contributed by atoms with E-state index in [0.29, 0.717) is 38.3 Å². The maximum Gasteiger partial charge on any atom is 0.230 e. The number of fused-ring (bicyclic) bond motifs is 2. The molecule has 3 aromatic heterocycles. The Morgan fingerprint density at radius 2 is 1.79 bits per heavy atom. The number of benzene rings is 1. The third-order valence-electron chi connectivity index (χ3n) is 8.23. The van der Waals surface area contributed by atoms with Crippen molar-refractivity contribution in [1.29, 1.82) is 0 Å². The molecule has 12 heteroatoms. The van der Waals surface area contributed by atoms with Gasteiger partial charge in [-0.25, -0.2) is 4.98 Å². The third kappa shape index (κ3) is 6.13. The molecule has 10 nitrogen and oxygen atoms in total. The van der Waals surface area contributed by atoms with E-state index in [1.54, 1.807) is 10.7 Å². The van der Waals surface area contributed by atoms with E-state index in [4.69, 9.17) is 24.4 Å². The molecule has 5 rings (SSSR count). The quantitative estimate of drug-likeness (QED) is 0.162.